The van der Waals surface area contributed by atoms with Crippen molar-refractivity contribution in [3.63, 3.8) is 0 Å². The van der Waals surface area contributed by atoms with Crippen LogP contribution in [0.4, 0.5) is 5.69 Å². The first-order valence-corrected chi connectivity index (χ1v) is 28.0. The topological polar surface area (TPSA) is 38.0 Å². The molecule has 0 aliphatic heterocycles. The first-order chi connectivity index (χ1) is 42.2. The number of nitriles is 1. The van der Waals surface area contributed by atoms with Crippen LogP contribution in [0, 0.1) is 17.9 Å². The molecule has 17 rings (SSSR count). The SMILES string of the molecule is [2H]c1c([2H])c2c3ccccc3c3c([2H])c([2H])c([2H])c4c3c2c(c1[2H])n4-c1c([N+]#[C-])c(-c2ccccc2)c(C#N)c(-n2c3c(ccc4c5cccc(-c6ccccc6)c5sc43)c3ccc4c5cccc(-c6ccccc6)c5sc4c32)c1-c1ccccc1. The van der Waals surface area contributed by atoms with E-state index in [1.54, 1.807) is 27.2 Å². The van der Waals surface area contributed by atoms with Crippen molar-refractivity contribution in [2.24, 2.45) is 0 Å². The van der Waals surface area contributed by atoms with E-state index in [1.807, 2.05) is 97.1 Å². The Morgan fingerprint density at radius 2 is 0.800 bits per heavy atom. The highest BCUT2D eigenvalue weighted by molar-refractivity contribution is 7.28. The van der Waals surface area contributed by atoms with Crippen molar-refractivity contribution in [2.45, 2.75) is 0 Å². The zero-order chi connectivity index (χ0) is 58.0. The van der Waals surface area contributed by atoms with Crippen molar-refractivity contribution in [3.8, 4) is 62.0 Å². The van der Waals surface area contributed by atoms with Crippen LogP contribution >= 0.6 is 22.7 Å². The molecule has 0 amide bonds. The molecule has 4 aromatic heterocycles. The van der Waals surface area contributed by atoms with E-state index in [0.29, 0.717) is 60.3 Å². The van der Waals surface area contributed by atoms with Gasteiger partial charge in [-0.1, -0.05) is 230 Å². The highest BCUT2D eigenvalue weighted by Gasteiger charge is 2.34. The summed E-state index contributed by atoms with van der Waals surface area (Å²) >= 11 is 3.42. The Morgan fingerprint density at radius 3 is 1.26 bits per heavy atom. The van der Waals surface area contributed by atoms with Crippen LogP contribution in [0.3, 0.4) is 0 Å². The molecular formula is C74H40N4S2. The van der Waals surface area contributed by atoms with Crippen molar-refractivity contribution in [1.82, 2.24) is 9.13 Å². The fraction of sp³-hybridized carbons (Fsp3) is 0. The van der Waals surface area contributed by atoms with Gasteiger partial charge in [0.2, 0.25) is 5.69 Å². The van der Waals surface area contributed by atoms with Crippen LogP contribution in [0.1, 0.15) is 13.8 Å². The second-order valence-corrected chi connectivity index (χ2v) is 22.3. The van der Waals surface area contributed by atoms with Gasteiger partial charge in [-0.25, -0.2) is 4.85 Å². The van der Waals surface area contributed by atoms with E-state index in [-0.39, 0.29) is 64.2 Å². The van der Waals surface area contributed by atoms with Gasteiger partial charge in [-0.3, -0.25) is 0 Å². The Labute approximate surface area is 475 Å². The Bertz CT molecular complexity index is 5640. The fourth-order valence-electron chi connectivity index (χ4n) is 13.0. The molecule has 0 aliphatic carbocycles. The number of hydrogen-bond donors (Lipinski definition) is 0. The number of nitrogens with zero attached hydrogens (tertiary/aromatic N) is 4. The lowest BCUT2D eigenvalue weighted by molar-refractivity contribution is 1.14. The minimum absolute atomic E-state index is 0.0515. The van der Waals surface area contributed by atoms with Gasteiger partial charge in [-0.15, -0.1) is 22.7 Å². The summed E-state index contributed by atoms with van der Waals surface area (Å²) in [6.45, 7) is 9.59. The molecular weight excluding hydrogens is 1010 g/mol. The Morgan fingerprint density at radius 1 is 0.388 bits per heavy atom. The highest BCUT2D eigenvalue weighted by atomic mass is 32.1. The molecule has 0 saturated heterocycles. The van der Waals surface area contributed by atoms with E-state index in [1.165, 1.54) is 0 Å². The van der Waals surface area contributed by atoms with Crippen molar-refractivity contribution in [1.29, 1.82) is 5.26 Å². The number of benzene rings is 13. The lowest BCUT2D eigenvalue weighted by Gasteiger charge is -2.26. The molecule has 0 aliphatic rings. The van der Waals surface area contributed by atoms with E-state index < -0.39 is 0 Å². The summed E-state index contributed by atoms with van der Waals surface area (Å²) in [6, 6.07) is 70.3. The van der Waals surface area contributed by atoms with E-state index in [0.717, 1.165) is 84.4 Å². The average Bonchev–Trinajstić information content (AvgIpc) is 1.50. The number of thiophene rings is 2. The number of aromatic nitrogens is 2. The average molecular weight is 1060 g/mol. The van der Waals surface area contributed by atoms with Gasteiger partial charge >= 0.3 is 0 Å². The Kier molecular flexibility index (Phi) is 8.34. The second kappa shape index (κ2) is 17.1. The maximum absolute atomic E-state index is 12.5. The van der Waals surface area contributed by atoms with E-state index >= 15 is 0 Å². The smallest absolute Gasteiger partial charge is 0.220 e. The third kappa shape index (κ3) is 6.06. The maximum Gasteiger partial charge on any atom is 0.220 e. The predicted octanol–water partition coefficient (Wildman–Crippen LogP) is 21.5. The molecule has 0 fully saturated rings. The van der Waals surface area contributed by atoms with Crippen molar-refractivity contribution in [2.75, 3.05) is 0 Å². The van der Waals surface area contributed by atoms with Crippen molar-refractivity contribution in [3.05, 3.63) is 259 Å². The van der Waals surface area contributed by atoms with Gasteiger partial charge in [0.1, 0.15) is 6.07 Å². The molecule has 4 nitrogen and oxygen atoms in total. The molecule has 17 aromatic rings. The van der Waals surface area contributed by atoms with Crippen LogP contribution in [-0.2, 0) is 0 Å². The molecule has 0 spiro atoms. The molecule has 0 bridgehead atoms. The molecule has 0 radical (unpaired) electrons. The second-order valence-electron chi connectivity index (χ2n) is 20.3. The minimum Gasteiger partial charge on any atom is -0.318 e. The van der Waals surface area contributed by atoms with Gasteiger partial charge < -0.3 is 9.13 Å². The number of rotatable bonds is 6. The molecule has 0 saturated carbocycles. The summed E-state index contributed by atoms with van der Waals surface area (Å²) in [5.74, 6) is 0. The third-order valence-corrected chi connectivity index (χ3v) is 18.8. The maximum atomic E-state index is 12.5. The summed E-state index contributed by atoms with van der Waals surface area (Å²) in [5.41, 5.74) is 9.30. The van der Waals surface area contributed by atoms with Gasteiger partial charge in [0.15, 0.2) is 0 Å². The monoisotopic (exact) mass is 1050 g/mol. The lowest BCUT2D eigenvalue weighted by Crippen LogP contribution is -2.09. The van der Waals surface area contributed by atoms with Gasteiger partial charge in [0.05, 0.1) is 63.2 Å². The predicted molar refractivity (Wildman–Crippen MR) is 340 cm³/mol. The van der Waals surface area contributed by atoms with E-state index in [4.69, 9.17) is 0 Å². The molecule has 13 aromatic carbocycles. The van der Waals surface area contributed by atoms with Crippen molar-refractivity contribution >= 4 is 134 Å². The molecule has 0 atom stereocenters. The van der Waals surface area contributed by atoms with Gasteiger partial charge in [-0.05, 0) is 67.0 Å². The number of fused-ring (bicyclic) bond motifs is 14. The van der Waals surface area contributed by atoms with Crippen molar-refractivity contribution < 1.29 is 8.22 Å². The summed E-state index contributed by atoms with van der Waals surface area (Å²) in [7, 11) is 0. The zero-order valence-electron chi connectivity index (χ0n) is 48.2. The Balaban J connectivity index is 1.18. The van der Waals surface area contributed by atoms with Crippen LogP contribution in [-0.4, -0.2) is 9.13 Å². The van der Waals surface area contributed by atoms with Gasteiger partial charge in [0.25, 0.3) is 0 Å². The summed E-state index contributed by atoms with van der Waals surface area (Å²) in [4.78, 5) is 4.51. The fourth-order valence-corrected chi connectivity index (χ4v) is 15.8. The first kappa shape index (κ1) is 39.1. The summed E-state index contributed by atoms with van der Waals surface area (Å²) < 4.78 is 67.1. The molecule has 80 heavy (non-hydrogen) atoms. The zero-order valence-corrected chi connectivity index (χ0v) is 43.9. The van der Waals surface area contributed by atoms with Crippen LogP contribution < -0.4 is 0 Å². The molecule has 0 unspecified atom stereocenters. The van der Waals surface area contributed by atoms with Crippen LogP contribution in [0.15, 0.2) is 243 Å². The van der Waals surface area contributed by atoms with E-state index in [2.05, 4.69) is 125 Å². The minimum atomic E-state index is -0.354. The van der Waals surface area contributed by atoms with Gasteiger partial charge in [0, 0.05) is 63.6 Å². The first-order valence-electron chi connectivity index (χ1n) is 29.4. The van der Waals surface area contributed by atoms with Crippen LogP contribution in [0.2, 0.25) is 0 Å². The van der Waals surface area contributed by atoms with E-state index in [9.17, 15) is 20.1 Å². The quantitative estimate of drug-likeness (QED) is 0.121. The standard InChI is InChI=1S/C74H40N4S2/c1-76-66-62(45-24-10-4-11-25-45)59(42-75)67(63(46-26-12-5-13-27-46)70(66)77-60-36-18-32-51-49-28-14-15-29-50(49)52-33-19-37-61(77)65(52)64(51)60)78-68-53(38-40-57-55-34-16-30-47(71(55)79-73(57)68)43-20-6-2-7-21-43)54-39-41-58-56-35-17-31-48(44-22-8-3-9-23-44)72(56)80-74(58)69(54)78/h2-41H/i18D,19D,32D,33D,36D,37D. The molecule has 368 valence electrons. The summed E-state index contributed by atoms with van der Waals surface area (Å²) in [5, 5.41) is 21.3. The number of hydrogen-bond acceptors (Lipinski definition) is 3. The molecule has 4 heterocycles. The lowest BCUT2D eigenvalue weighted by atomic mass is 9.88. The molecule has 0 N–H and O–H groups in total. The van der Waals surface area contributed by atoms with Crippen LogP contribution in [0.5, 0.6) is 0 Å². The van der Waals surface area contributed by atoms with Crippen LogP contribution in [0.25, 0.3) is 166 Å². The molecule has 6 heteroatoms. The third-order valence-electron chi connectivity index (χ3n) is 16.3. The largest absolute Gasteiger partial charge is 0.318 e. The normalized spacial score (nSPS) is 13.0. The highest BCUT2D eigenvalue weighted by Crippen LogP contribution is 2.56. The summed E-state index contributed by atoms with van der Waals surface area (Å²) in [6.07, 6.45) is 0. The Hall–Kier alpha value is -10.3. The van der Waals surface area contributed by atoms with Gasteiger partial charge in [-0.2, -0.15) is 5.26 Å².